The molecule has 0 saturated heterocycles. The van der Waals surface area contributed by atoms with Crippen LogP contribution in [-0.2, 0) is 6.54 Å². The number of aromatic amines is 1. The molecule has 1 aromatic heterocycles. The normalized spacial score (nSPS) is 10.8. The van der Waals surface area contributed by atoms with Gasteiger partial charge in [-0.2, -0.15) is 0 Å². The van der Waals surface area contributed by atoms with Crippen molar-refractivity contribution in [1.82, 2.24) is 9.55 Å². The van der Waals surface area contributed by atoms with Crippen molar-refractivity contribution in [1.29, 1.82) is 0 Å². The molecular formula is C15H13IN2OS. The molecular weight excluding hydrogens is 383 g/mol. The molecule has 1 heterocycles. The Kier molecular flexibility index (Phi) is 4.07. The summed E-state index contributed by atoms with van der Waals surface area (Å²) in [6.45, 7) is 1.32. The number of nitrogens with zero attached hydrogens (tertiary/aromatic N) is 1. The maximum Gasteiger partial charge on any atom is 0.178 e. The van der Waals surface area contributed by atoms with Gasteiger partial charge < -0.3 is 14.3 Å². The van der Waals surface area contributed by atoms with E-state index in [2.05, 4.69) is 50.3 Å². The van der Waals surface area contributed by atoms with Gasteiger partial charge in [0.2, 0.25) is 0 Å². The number of benzene rings is 2. The number of rotatable bonds is 4. The second-order valence-corrected chi connectivity index (χ2v) is 6.04. The first-order valence-electron chi connectivity index (χ1n) is 6.30. The second kappa shape index (κ2) is 5.97. The highest BCUT2D eigenvalue weighted by atomic mass is 127. The molecule has 0 aliphatic heterocycles. The minimum Gasteiger partial charge on any atom is -0.492 e. The van der Waals surface area contributed by atoms with Crippen LogP contribution in [0.4, 0.5) is 0 Å². The predicted octanol–water partition coefficient (Wildman–Crippen LogP) is 4.38. The smallest absolute Gasteiger partial charge is 0.178 e. The third-order valence-corrected chi connectivity index (χ3v) is 4.06. The van der Waals surface area contributed by atoms with Gasteiger partial charge in [-0.05, 0) is 65.1 Å². The highest BCUT2D eigenvalue weighted by Crippen LogP contribution is 2.17. The number of hydrogen-bond acceptors (Lipinski definition) is 2. The third kappa shape index (κ3) is 2.88. The van der Waals surface area contributed by atoms with Crippen LogP contribution in [0, 0.1) is 8.34 Å². The van der Waals surface area contributed by atoms with E-state index >= 15 is 0 Å². The fourth-order valence-electron chi connectivity index (χ4n) is 2.13. The van der Waals surface area contributed by atoms with Crippen molar-refractivity contribution in [2.75, 3.05) is 6.61 Å². The SMILES string of the molecule is S=c1[nH]c2cc(I)ccc2n1CCOc1ccccc1. The summed E-state index contributed by atoms with van der Waals surface area (Å²) >= 11 is 7.67. The second-order valence-electron chi connectivity index (χ2n) is 4.40. The minimum atomic E-state index is 0.595. The number of H-pyrrole nitrogens is 1. The van der Waals surface area contributed by atoms with Gasteiger partial charge in [0, 0.05) is 3.57 Å². The zero-order valence-corrected chi connectivity index (χ0v) is 13.6. The van der Waals surface area contributed by atoms with E-state index in [1.807, 2.05) is 30.3 Å². The van der Waals surface area contributed by atoms with Crippen LogP contribution in [0.15, 0.2) is 48.5 Å². The molecule has 0 unspecified atom stereocenters. The molecule has 0 aliphatic carbocycles. The number of para-hydroxylation sites is 1. The lowest BCUT2D eigenvalue weighted by atomic mass is 10.3. The molecule has 3 aromatic rings. The Morgan fingerprint density at radius 1 is 1.15 bits per heavy atom. The van der Waals surface area contributed by atoms with E-state index in [0.29, 0.717) is 6.61 Å². The van der Waals surface area contributed by atoms with Gasteiger partial charge in [0.1, 0.15) is 12.4 Å². The summed E-state index contributed by atoms with van der Waals surface area (Å²) in [5.74, 6) is 0.883. The van der Waals surface area contributed by atoms with Crippen molar-refractivity contribution in [3.05, 3.63) is 56.9 Å². The Morgan fingerprint density at radius 2 is 1.95 bits per heavy atom. The maximum atomic E-state index is 5.72. The van der Waals surface area contributed by atoms with Crippen LogP contribution >= 0.6 is 34.8 Å². The van der Waals surface area contributed by atoms with Crippen LogP contribution in [0.1, 0.15) is 0 Å². The number of nitrogens with one attached hydrogen (secondary N) is 1. The Bertz CT molecular complexity index is 779. The predicted molar refractivity (Wildman–Crippen MR) is 91.8 cm³/mol. The number of fused-ring (bicyclic) bond motifs is 1. The first-order valence-corrected chi connectivity index (χ1v) is 7.79. The molecule has 3 nitrogen and oxygen atoms in total. The van der Waals surface area contributed by atoms with E-state index in [0.717, 1.165) is 28.1 Å². The van der Waals surface area contributed by atoms with E-state index in [9.17, 15) is 0 Å². The molecule has 0 amide bonds. The molecule has 0 bridgehead atoms. The standard InChI is InChI=1S/C15H13IN2OS/c16-11-6-7-14-13(10-11)17-15(20)18(14)8-9-19-12-4-2-1-3-5-12/h1-7,10H,8-9H2,(H,17,20). The first-order chi connectivity index (χ1) is 9.74. The van der Waals surface area contributed by atoms with Gasteiger partial charge >= 0.3 is 0 Å². The Morgan fingerprint density at radius 3 is 2.75 bits per heavy atom. The lowest BCUT2D eigenvalue weighted by Crippen LogP contribution is -2.08. The van der Waals surface area contributed by atoms with E-state index < -0.39 is 0 Å². The van der Waals surface area contributed by atoms with Crippen molar-refractivity contribution < 1.29 is 4.74 Å². The Balaban J connectivity index is 1.78. The molecule has 0 atom stereocenters. The zero-order chi connectivity index (χ0) is 13.9. The zero-order valence-electron chi connectivity index (χ0n) is 10.7. The van der Waals surface area contributed by atoms with Gasteiger partial charge in [-0.15, -0.1) is 0 Å². The van der Waals surface area contributed by atoms with Crippen LogP contribution in [0.2, 0.25) is 0 Å². The van der Waals surface area contributed by atoms with Gasteiger partial charge in [-0.25, -0.2) is 0 Å². The van der Waals surface area contributed by atoms with Gasteiger partial charge in [-0.3, -0.25) is 0 Å². The van der Waals surface area contributed by atoms with Crippen molar-refractivity contribution >= 4 is 45.8 Å². The lowest BCUT2D eigenvalue weighted by molar-refractivity contribution is 0.299. The summed E-state index contributed by atoms with van der Waals surface area (Å²) in [5.41, 5.74) is 2.19. The molecule has 0 spiro atoms. The van der Waals surface area contributed by atoms with Gasteiger partial charge in [0.15, 0.2) is 4.77 Å². The topological polar surface area (TPSA) is 29.9 Å². The molecule has 1 N–H and O–H groups in total. The minimum absolute atomic E-state index is 0.595. The third-order valence-electron chi connectivity index (χ3n) is 3.06. The highest BCUT2D eigenvalue weighted by molar-refractivity contribution is 14.1. The van der Waals surface area contributed by atoms with Crippen LogP contribution < -0.4 is 4.74 Å². The summed E-state index contributed by atoms with van der Waals surface area (Å²) in [4.78, 5) is 3.23. The monoisotopic (exact) mass is 396 g/mol. The van der Waals surface area contributed by atoms with Crippen molar-refractivity contribution in [3.63, 3.8) is 0 Å². The van der Waals surface area contributed by atoms with Crippen LogP contribution in [-0.4, -0.2) is 16.2 Å². The molecule has 0 radical (unpaired) electrons. The summed E-state index contributed by atoms with van der Waals surface area (Å²) in [7, 11) is 0. The van der Waals surface area contributed by atoms with E-state index in [1.54, 1.807) is 0 Å². The molecule has 5 heteroatoms. The maximum absolute atomic E-state index is 5.72. The van der Waals surface area contributed by atoms with Gasteiger partial charge in [-0.1, -0.05) is 18.2 Å². The van der Waals surface area contributed by atoms with Crippen molar-refractivity contribution in [3.8, 4) is 5.75 Å². The molecule has 3 rings (SSSR count). The lowest BCUT2D eigenvalue weighted by Gasteiger charge is -2.07. The number of imidazole rings is 1. The molecule has 0 saturated carbocycles. The van der Waals surface area contributed by atoms with E-state index in [-0.39, 0.29) is 0 Å². The fraction of sp³-hybridized carbons (Fsp3) is 0.133. The quantitative estimate of drug-likeness (QED) is 0.524. The van der Waals surface area contributed by atoms with Crippen LogP contribution in [0.5, 0.6) is 5.75 Å². The average Bonchev–Trinajstić information content (AvgIpc) is 2.75. The summed E-state index contributed by atoms with van der Waals surface area (Å²) in [6.07, 6.45) is 0. The van der Waals surface area contributed by atoms with Crippen molar-refractivity contribution in [2.45, 2.75) is 6.54 Å². The molecule has 102 valence electrons. The largest absolute Gasteiger partial charge is 0.492 e. The first kappa shape index (κ1) is 13.6. The number of halogens is 1. The fourth-order valence-corrected chi connectivity index (χ4v) is 2.92. The number of ether oxygens (including phenoxy) is 1. The highest BCUT2D eigenvalue weighted by Gasteiger charge is 2.04. The van der Waals surface area contributed by atoms with Crippen LogP contribution in [0.25, 0.3) is 11.0 Å². The molecule has 0 aliphatic rings. The van der Waals surface area contributed by atoms with E-state index in [1.165, 1.54) is 3.57 Å². The number of hydrogen-bond donors (Lipinski definition) is 1. The average molecular weight is 396 g/mol. The molecule has 2 aromatic carbocycles. The van der Waals surface area contributed by atoms with Crippen LogP contribution in [0.3, 0.4) is 0 Å². The summed E-state index contributed by atoms with van der Waals surface area (Å²) in [6, 6.07) is 16.1. The van der Waals surface area contributed by atoms with Gasteiger partial charge in [0.25, 0.3) is 0 Å². The Labute approximate surface area is 135 Å². The molecule has 20 heavy (non-hydrogen) atoms. The molecule has 0 fully saturated rings. The summed E-state index contributed by atoms with van der Waals surface area (Å²) in [5, 5.41) is 0. The van der Waals surface area contributed by atoms with E-state index in [4.69, 9.17) is 17.0 Å². The summed E-state index contributed by atoms with van der Waals surface area (Å²) < 4.78 is 9.73. The number of aromatic nitrogens is 2. The van der Waals surface area contributed by atoms with Crippen molar-refractivity contribution in [2.24, 2.45) is 0 Å². The van der Waals surface area contributed by atoms with Gasteiger partial charge in [0.05, 0.1) is 17.6 Å². The Hall–Kier alpha value is -1.34.